The number of rotatable bonds is 6. The average molecular weight is 149 g/mol. The molecule has 0 aliphatic rings. The third kappa shape index (κ3) is 8.27. The lowest BCUT2D eigenvalue weighted by atomic mass is 10.5. The minimum Gasteiger partial charge on any atom is -0.396 e. The van der Waals surface area contributed by atoms with E-state index in [9.17, 15) is 0 Å². The highest BCUT2D eigenvalue weighted by molar-refractivity contribution is 7.99. The lowest BCUT2D eigenvalue weighted by Gasteiger charge is -1.97. The summed E-state index contributed by atoms with van der Waals surface area (Å²) in [5.41, 5.74) is 0. The maximum atomic E-state index is 8.39. The van der Waals surface area contributed by atoms with E-state index in [1.165, 1.54) is 6.42 Å². The molecule has 0 aliphatic carbocycles. The van der Waals surface area contributed by atoms with Crippen molar-refractivity contribution < 1.29 is 5.11 Å². The van der Waals surface area contributed by atoms with Crippen LogP contribution in [0.4, 0.5) is 0 Å². The van der Waals surface area contributed by atoms with Gasteiger partial charge in [0.05, 0.1) is 6.61 Å². The largest absolute Gasteiger partial charge is 0.396 e. The molecule has 0 amide bonds. The molecule has 0 unspecified atom stereocenters. The SMILES string of the molecule is CNCCCSCCO. The second kappa shape index (κ2) is 8.27. The topological polar surface area (TPSA) is 32.3 Å². The van der Waals surface area contributed by atoms with Crippen molar-refractivity contribution in [3.8, 4) is 0 Å². The summed E-state index contributed by atoms with van der Waals surface area (Å²) in [7, 11) is 1.96. The molecule has 0 aromatic heterocycles. The Balaban J connectivity index is 2.60. The highest BCUT2D eigenvalue weighted by atomic mass is 32.2. The molecule has 0 radical (unpaired) electrons. The summed E-state index contributed by atoms with van der Waals surface area (Å²) in [5.74, 6) is 2.03. The van der Waals surface area contributed by atoms with Crippen LogP contribution < -0.4 is 5.32 Å². The van der Waals surface area contributed by atoms with E-state index in [2.05, 4.69) is 5.32 Å². The summed E-state index contributed by atoms with van der Waals surface area (Å²) in [6.45, 7) is 1.39. The Morgan fingerprint density at radius 3 is 2.78 bits per heavy atom. The van der Waals surface area contributed by atoms with Gasteiger partial charge in [-0.3, -0.25) is 0 Å². The number of nitrogens with one attached hydrogen (secondary N) is 1. The van der Waals surface area contributed by atoms with Gasteiger partial charge in [-0.1, -0.05) is 0 Å². The summed E-state index contributed by atoms with van der Waals surface area (Å²) in [6.07, 6.45) is 1.20. The van der Waals surface area contributed by atoms with Crippen LogP contribution in [0.1, 0.15) is 6.42 Å². The first-order valence-electron chi connectivity index (χ1n) is 3.25. The van der Waals surface area contributed by atoms with Crippen LogP contribution in [-0.2, 0) is 0 Å². The summed E-state index contributed by atoms with van der Waals surface area (Å²) >= 11 is 1.80. The molecule has 0 bridgehead atoms. The molecule has 0 atom stereocenters. The molecule has 0 spiro atoms. The second-order valence-corrected chi connectivity index (χ2v) is 3.02. The molecule has 2 nitrogen and oxygen atoms in total. The molecule has 0 saturated heterocycles. The highest BCUT2D eigenvalue weighted by Gasteiger charge is 1.85. The van der Waals surface area contributed by atoms with Gasteiger partial charge in [0.25, 0.3) is 0 Å². The van der Waals surface area contributed by atoms with E-state index in [1.54, 1.807) is 11.8 Å². The zero-order valence-corrected chi connectivity index (χ0v) is 6.71. The number of hydrogen-bond acceptors (Lipinski definition) is 3. The summed E-state index contributed by atoms with van der Waals surface area (Å²) in [5, 5.41) is 11.5. The first-order valence-corrected chi connectivity index (χ1v) is 4.40. The monoisotopic (exact) mass is 149 g/mol. The van der Waals surface area contributed by atoms with Crippen LogP contribution in [0, 0.1) is 0 Å². The zero-order chi connectivity index (χ0) is 6.95. The molecule has 3 heteroatoms. The fourth-order valence-electron chi connectivity index (χ4n) is 0.518. The van der Waals surface area contributed by atoms with E-state index in [0.717, 1.165) is 18.1 Å². The maximum Gasteiger partial charge on any atom is 0.0521 e. The Morgan fingerprint density at radius 2 is 2.22 bits per heavy atom. The van der Waals surface area contributed by atoms with Crippen LogP contribution in [-0.4, -0.2) is 36.8 Å². The third-order valence-corrected chi connectivity index (χ3v) is 2.00. The predicted octanol–water partition coefficient (Wildman–Crippen LogP) is 0.321. The van der Waals surface area contributed by atoms with Crippen LogP contribution in [0.5, 0.6) is 0 Å². The van der Waals surface area contributed by atoms with Gasteiger partial charge in [-0.25, -0.2) is 0 Å². The van der Waals surface area contributed by atoms with Crippen molar-refractivity contribution in [2.24, 2.45) is 0 Å². The van der Waals surface area contributed by atoms with Gasteiger partial charge in [0.2, 0.25) is 0 Å². The van der Waals surface area contributed by atoms with Gasteiger partial charge in [-0.2, -0.15) is 11.8 Å². The van der Waals surface area contributed by atoms with E-state index in [1.807, 2.05) is 7.05 Å². The van der Waals surface area contributed by atoms with Gasteiger partial charge in [0, 0.05) is 5.75 Å². The van der Waals surface area contributed by atoms with Gasteiger partial charge >= 0.3 is 0 Å². The lowest BCUT2D eigenvalue weighted by molar-refractivity contribution is 0.322. The van der Waals surface area contributed by atoms with Crippen LogP contribution in [0.3, 0.4) is 0 Å². The fourth-order valence-corrected chi connectivity index (χ4v) is 1.20. The summed E-state index contributed by atoms with van der Waals surface area (Å²) in [4.78, 5) is 0. The van der Waals surface area contributed by atoms with Gasteiger partial charge < -0.3 is 10.4 Å². The van der Waals surface area contributed by atoms with Crippen LogP contribution >= 0.6 is 11.8 Å². The van der Waals surface area contributed by atoms with Crippen LogP contribution in [0.25, 0.3) is 0 Å². The Kier molecular flexibility index (Phi) is 8.52. The molecular formula is C6H15NOS. The fraction of sp³-hybridized carbons (Fsp3) is 1.00. The van der Waals surface area contributed by atoms with Crippen molar-refractivity contribution in [3.63, 3.8) is 0 Å². The molecule has 2 N–H and O–H groups in total. The highest BCUT2D eigenvalue weighted by Crippen LogP contribution is 1.99. The standard InChI is InChI=1S/C6H15NOS/c1-7-3-2-5-9-6-4-8/h7-8H,2-6H2,1H3. The molecule has 0 aromatic carbocycles. The van der Waals surface area contributed by atoms with E-state index in [-0.39, 0.29) is 0 Å². The molecule has 9 heavy (non-hydrogen) atoms. The first-order chi connectivity index (χ1) is 4.41. The summed E-state index contributed by atoms with van der Waals surface area (Å²) < 4.78 is 0. The molecule has 0 rings (SSSR count). The first kappa shape index (κ1) is 9.27. The van der Waals surface area contributed by atoms with Crippen molar-refractivity contribution >= 4 is 11.8 Å². The minimum atomic E-state index is 0.310. The van der Waals surface area contributed by atoms with Crippen molar-refractivity contribution in [1.29, 1.82) is 0 Å². The van der Waals surface area contributed by atoms with E-state index >= 15 is 0 Å². The quantitative estimate of drug-likeness (QED) is 0.534. The van der Waals surface area contributed by atoms with Gasteiger partial charge in [0.15, 0.2) is 0 Å². The van der Waals surface area contributed by atoms with E-state index in [0.29, 0.717) is 6.61 Å². The zero-order valence-electron chi connectivity index (χ0n) is 5.89. The number of aliphatic hydroxyl groups is 1. The van der Waals surface area contributed by atoms with E-state index in [4.69, 9.17) is 5.11 Å². The minimum absolute atomic E-state index is 0.310. The Morgan fingerprint density at radius 1 is 1.44 bits per heavy atom. The van der Waals surface area contributed by atoms with Crippen LogP contribution in [0.15, 0.2) is 0 Å². The molecule has 0 heterocycles. The van der Waals surface area contributed by atoms with Crippen molar-refractivity contribution in [2.45, 2.75) is 6.42 Å². The Hall–Kier alpha value is 0.270. The Labute approximate surface area is 61.0 Å². The van der Waals surface area contributed by atoms with E-state index < -0.39 is 0 Å². The molecule has 56 valence electrons. The van der Waals surface area contributed by atoms with Crippen LogP contribution in [0.2, 0.25) is 0 Å². The molecule has 0 aliphatic heterocycles. The molecule has 0 fully saturated rings. The predicted molar refractivity (Wildman–Crippen MR) is 43.0 cm³/mol. The van der Waals surface area contributed by atoms with Gasteiger partial charge in [0.1, 0.15) is 0 Å². The van der Waals surface area contributed by atoms with Crippen molar-refractivity contribution in [1.82, 2.24) is 5.32 Å². The number of thioether (sulfide) groups is 1. The van der Waals surface area contributed by atoms with Gasteiger partial charge in [-0.05, 0) is 25.8 Å². The number of hydrogen-bond donors (Lipinski definition) is 2. The summed E-state index contributed by atoms with van der Waals surface area (Å²) in [6, 6.07) is 0. The smallest absolute Gasteiger partial charge is 0.0521 e. The lowest BCUT2D eigenvalue weighted by Crippen LogP contribution is -2.08. The Bertz CT molecular complexity index is 46.3. The molecular weight excluding hydrogens is 134 g/mol. The van der Waals surface area contributed by atoms with Gasteiger partial charge in [-0.15, -0.1) is 0 Å². The number of aliphatic hydroxyl groups excluding tert-OH is 1. The molecule has 0 aromatic rings. The normalized spacial score (nSPS) is 10.0. The molecule has 0 saturated carbocycles. The second-order valence-electron chi connectivity index (χ2n) is 1.79. The van der Waals surface area contributed by atoms with Crippen molar-refractivity contribution in [2.75, 3.05) is 31.7 Å². The third-order valence-electron chi connectivity index (χ3n) is 0.951. The maximum absolute atomic E-state index is 8.39. The van der Waals surface area contributed by atoms with Crippen molar-refractivity contribution in [3.05, 3.63) is 0 Å². The average Bonchev–Trinajstić information content (AvgIpc) is 1.89.